The summed E-state index contributed by atoms with van der Waals surface area (Å²) in [5.74, 6) is 0.0628. The number of ether oxygens (including phenoxy) is 1. The normalized spacial score (nSPS) is 12.5. The van der Waals surface area contributed by atoms with Crippen molar-refractivity contribution in [1.82, 2.24) is 0 Å². The van der Waals surface area contributed by atoms with Gasteiger partial charge in [-0.3, -0.25) is 0 Å². The van der Waals surface area contributed by atoms with Gasteiger partial charge >= 0.3 is 0 Å². The molecule has 90 valence electrons. The molecule has 2 N–H and O–H groups in total. The maximum Gasteiger partial charge on any atom is 0.193 e. The summed E-state index contributed by atoms with van der Waals surface area (Å²) in [6.07, 6.45) is 0. The van der Waals surface area contributed by atoms with Gasteiger partial charge in [0.2, 0.25) is 0 Å². The van der Waals surface area contributed by atoms with Crippen LogP contribution in [0.25, 0.3) is 0 Å². The Hall–Kier alpha value is -1.52. The van der Waals surface area contributed by atoms with Crippen molar-refractivity contribution in [3.05, 3.63) is 52.7 Å². The van der Waals surface area contributed by atoms with E-state index in [9.17, 15) is 4.39 Å². The Labute approximate surface area is 103 Å². The van der Waals surface area contributed by atoms with Gasteiger partial charge in [0.05, 0.1) is 13.2 Å². The van der Waals surface area contributed by atoms with E-state index >= 15 is 0 Å². The van der Waals surface area contributed by atoms with Crippen LogP contribution in [0.3, 0.4) is 0 Å². The fourth-order valence-corrected chi connectivity index (χ4v) is 1.73. The van der Waals surface area contributed by atoms with Gasteiger partial charge in [-0.15, -0.1) is 0 Å². The number of hydrogen-bond acceptors (Lipinski definition) is 3. The van der Waals surface area contributed by atoms with Crippen molar-refractivity contribution in [1.29, 1.82) is 0 Å². The molecule has 0 saturated heterocycles. The fourth-order valence-electron chi connectivity index (χ4n) is 1.57. The van der Waals surface area contributed by atoms with Crippen LogP contribution in [0.4, 0.5) is 4.39 Å². The second-order valence-electron chi connectivity index (χ2n) is 3.48. The molecule has 2 aromatic rings. The van der Waals surface area contributed by atoms with Crippen LogP contribution in [-0.4, -0.2) is 7.11 Å². The van der Waals surface area contributed by atoms with Crippen LogP contribution in [0.15, 0.2) is 34.7 Å². The van der Waals surface area contributed by atoms with Crippen LogP contribution in [0.1, 0.15) is 17.4 Å². The predicted octanol–water partition coefficient (Wildman–Crippen LogP) is 3.13. The van der Waals surface area contributed by atoms with Crippen molar-refractivity contribution in [2.45, 2.75) is 6.04 Å². The van der Waals surface area contributed by atoms with Gasteiger partial charge in [-0.05, 0) is 29.8 Å². The van der Waals surface area contributed by atoms with Gasteiger partial charge in [-0.25, -0.2) is 4.39 Å². The zero-order chi connectivity index (χ0) is 12.4. The van der Waals surface area contributed by atoms with Gasteiger partial charge < -0.3 is 14.9 Å². The molecule has 0 aliphatic heterocycles. The molecule has 1 aromatic carbocycles. The molecule has 1 heterocycles. The van der Waals surface area contributed by atoms with Gasteiger partial charge in [0, 0.05) is 5.56 Å². The van der Waals surface area contributed by atoms with E-state index in [0.717, 1.165) is 0 Å². The van der Waals surface area contributed by atoms with Crippen molar-refractivity contribution in [3.8, 4) is 5.75 Å². The van der Waals surface area contributed by atoms with Crippen molar-refractivity contribution in [3.63, 3.8) is 0 Å². The summed E-state index contributed by atoms with van der Waals surface area (Å²) >= 11 is 5.65. The summed E-state index contributed by atoms with van der Waals surface area (Å²) in [6, 6.07) is 7.25. The molecule has 1 unspecified atom stereocenters. The number of halogens is 2. The highest BCUT2D eigenvalue weighted by atomic mass is 35.5. The average molecular weight is 256 g/mol. The number of hydrogen-bond donors (Lipinski definition) is 1. The Morgan fingerprint density at radius 2 is 2.12 bits per heavy atom. The summed E-state index contributed by atoms with van der Waals surface area (Å²) in [4.78, 5) is 0. The molecule has 0 saturated carbocycles. The maximum absolute atomic E-state index is 13.9. The number of furan rings is 1. The van der Waals surface area contributed by atoms with E-state index in [1.807, 2.05) is 0 Å². The summed E-state index contributed by atoms with van der Waals surface area (Å²) < 4.78 is 24.0. The molecule has 0 amide bonds. The van der Waals surface area contributed by atoms with E-state index in [2.05, 4.69) is 0 Å². The minimum Gasteiger partial charge on any atom is -0.494 e. The number of benzene rings is 1. The first-order chi connectivity index (χ1) is 8.13. The molecule has 0 aliphatic carbocycles. The minimum atomic E-state index is -0.711. The SMILES string of the molecule is COc1cccc(C(N)c2ccc(Cl)o2)c1F. The highest BCUT2D eigenvalue weighted by Gasteiger charge is 2.19. The molecule has 5 heteroatoms. The lowest BCUT2D eigenvalue weighted by atomic mass is 10.0. The monoisotopic (exact) mass is 255 g/mol. The summed E-state index contributed by atoms with van der Waals surface area (Å²) in [5, 5.41) is 0.221. The van der Waals surface area contributed by atoms with Gasteiger partial charge in [0.15, 0.2) is 16.8 Å². The smallest absolute Gasteiger partial charge is 0.193 e. The lowest BCUT2D eigenvalue weighted by Gasteiger charge is -2.12. The highest BCUT2D eigenvalue weighted by molar-refractivity contribution is 6.28. The van der Waals surface area contributed by atoms with Crippen molar-refractivity contribution >= 4 is 11.6 Å². The maximum atomic E-state index is 13.9. The van der Waals surface area contributed by atoms with Crippen LogP contribution >= 0.6 is 11.6 Å². The largest absolute Gasteiger partial charge is 0.494 e. The minimum absolute atomic E-state index is 0.149. The molecular formula is C12H11ClFNO2. The van der Waals surface area contributed by atoms with Crippen LogP contribution in [0.2, 0.25) is 5.22 Å². The van der Waals surface area contributed by atoms with Crippen LogP contribution < -0.4 is 10.5 Å². The van der Waals surface area contributed by atoms with Crippen molar-refractivity contribution in [2.75, 3.05) is 7.11 Å². The summed E-state index contributed by atoms with van der Waals surface area (Å²) in [7, 11) is 1.40. The van der Waals surface area contributed by atoms with Gasteiger partial charge in [0.25, 0.3) is 0 Å². The van der Waals surface area contributed by atoms with E-state index in [1.165, 1.54) is 13.2 Å². The van der Waals surface area contributed by atoms with Crippen LogP contribution in [-0.2, 0) is 0 Å². The lowest BCUT2D eigenvalue weighted by Crippen LogP contribution is -2.13. The first kappa shape index (κ1) is 12.0. The molecule has 1 aromatic heterocycles. The first-order valence-electron chi connectivity index (χ1n) is 4.96. The zero-order valence-electron chi connectivity index (χ0n) is 9.11. The zero-order valence-corrected chi connectivity index (χ0v) is 9.87. The van der Waals surface area contributed by atoms with E-state index < -0.39 is 11.9 Å². The number of nitrogens with two attached hydrogens (primary N) is 1. The third kappa shape index (κ3) is 2.28. The quantitative estimate of drug-likeness (QED) is 0.917. The second kappa shape index (κ2) is 4.77. The topological polar surface area (TPSA) is 48.4 Å². The van der Waals surface area contributed by atoms with E-state index in [1.54, 1.807) is 24.3 Å². The van der Waals surface area contributed by atoms with E-state index in [4.69, 9.17) is 26.5 Å². The molecule has 0 aliphatic rings. The Morgan fingerprint density at radius 1 is 1.35 bits per heavy atom. The van der Waals surface area contributed by atoms with E-state index in [-0.39, 0.29) is 11.0 Å². The highest BCUT2D eigenvalue weighted by Crippen LogP contribution is 2.29. The third-order valence-corrected chi connectivity index (χ3v) is 2.65. The molecule has 0 radical (unpaired) electrons. The summed E-state index contributed by atoms with van der Waals surface area (Å²) in [5.41, 5.74) is 6.21. The van der Waals surface area contributed by atoms with Crippen molar-refractivity contribution < 1.29 is 13.5 Å². The summed E-state index contributed by atoms with van der Waals surface area (Å²) in [6.45, 7) is 0. The molecule has 2 rings (SSSR count). The Kier molecular flexibility index (Phi) is 3.36. The Balaban J connectivity index is 2.40. The van der Waals surface area contributed by atoms with Crippen LogP contribution in [0, 0.1) is 5.82 Å². The number of rotatable bonds is 3. The van der Waals surface area contributed by atoms with Gasteiger partial charge in [0.1, 0.15) is 5.76 Å². The van der Waals surface area contributed by atoms with E-state index in [0.29, 0.717) is 11.3 Å². The Bertz CT molecular complexity index is 527. The van der Waals surface area contributed by atoms with Gasteiger partial charge in [-0.2, -0.15) is 0 Å². The fraction of sp³-hybridized carbons (Fsp3) is 0.167. The molecule has 0 bridgehead atoms. The molecule has 17 heavy (non-hydrogen) atoms. The predicted molar refractivity (Wildman–Crippen MR) is 62.7 cm³/mol. The van der Waals surface area contributed by atoms with Gasteiger partial charge in [-0.1, -0.05) is 12.1 Å². The standard InChI is InChI=1S/C12H11ClFNO2/c1-16-8-4-2-3-7(11(8)14)12(15)9-5-6-10(13)17-9/h2-6,12H,15H2,1H3. The third-order valence-electron chi connectivity index (χ3n) is 2.45. The molecular weight excluding hydrogens is 245 g/mol. The van der Waals surface area contributed by atoms with Crippen LogP contribution in [0.5, 0.6) is 5.75 Å². The van der Waals surface area contributed by atoms with Crippen molar-refractivity contribution in [2.24, 2.45) is 5.73 Å². The molecule has 0 spiro atoms. The molecule has 1 atom stereocenters. The first-order valence-corrected chi connectivity index (χ1v) is 5.34. The Morgan fingerprint density at radius 3 is 2.71 bits per heavy atom. The molecule has 3 nitrogen and oxygen atoms in total. The molecule has 0 fully saturated rings. The average Bonchev–Trinajstić information content (AvgIpc) is 2.75. The second-order valence-corrected chi connectivity index (χ2v) is 3.86. The number of methoxy groups -OCH3 is 1. The lowest BCUT2D eigenvalue weighted by molar-refractivity contribution is 0.381.